The lowest BCUT2D eigenvalue weighted by Gasteiger charge is -2.06. The first-order valence-electron chi connectivity index (χ1n) is 7.32. The van der Waals surface area contributed by atoms with E-state index in [4.69, 9.17) is 0 Å². The highest BCUT2D eigenvalue weighted by Gasteiger charge is 2.08. The van der Waals surface area contributed by atoms with Crippen LogP contribution >= 0.6 is 0 Å². The van der Waals surface area contributed by atoms with Crippen molar-refractivity contribution >= 4 is 33.7 Å². The Morgan fingerprint density at radius 1 is 0.870 bits per heavy atom. The van der Waals surface area contributed by atoms with Crippen molar-refractivity contribution in [3.05, 3.63) is 71.7 Å². The normalized spacial score (nSPS) is 11.0. The van der Waals surface area contributed by atoms with Crippen LogP contribution in [0.2, 0.25) is 0 Å². The summed E-state index contributed by atoms with van der Waals surface area (Å²) < 4.78 is 0. The first kappa shape index (κ1) is 13.4. The van der Waals surface area contributed by atoms with Gasteiger partial charge in [-0.25, -0.2) is 0 Å². The minimum atomic E-state index is -0.260. The van der Waals surface area contributed by atoms with Crippen LogP contribution in [0.1, 0.15) is 10.4 Å². The topological polar surface area (TPSA) is 68.9 Å². The fraction of sp³-hybridized carbons (Fsp3) is 0. The Morgan fingerprint density at radius 3 is 2.17 bits per heavy atom. The van der Waals surface area contributed by atoms with Crippen molar-refractivity contribution in [1.29, 1.82) is 0 Å². The number of hydrogen-bond acceptors (Lipinski definition) is 2. The Morgan fingerprint density at radius 2 is 1.52 bits per heavy atom. The highest BCUT2D eigenvalue weighted by Crippen LogP contribution is 2.22. The molecule has 4 nitrogen and oxygen atoms in total. The molecule has 0 atom stereocenters. The smallest absolute Gasteiger partial charge is 0.193 e. The summed E-state index contributed by atoms with van der Waals surface area (Å²) in [7, 11) is 0. The summed E-state index contributed by atoms with van der Waals surface area (Å²) in [6.45, 7) is 0. The van der Waals surface area contributed by atoms with Gasteiger partial charge in [-0.2, -0.15) is 0 Å². The molecule has 0 aliphatic carbocycles. The second kappa shape index (κ2) is 5.18. The number of aromatic amines is 2. The lowest BCUT2D eigenvalue weighted by Crippen LogP contribution is -2.15. The van der Waals surface area contributed by atoms with E-state index in [0.29, 0.717) is 5.48 Å². The van der Waals surface area contributed by atoms with Gasteiger partial charge in [0.1, 0.15) is 11.2 Å². The number of phenols is 1. The predicted octanol–water partition coefficient (Wildman–Crippen LogP) is 3.30. The number of aromatic hydroxyl groups is 1. The maximum absolute atomic E-state index is 12.4. The van der Waals surface area contributed by atoms with Crippen molar-refractivity contribution in [1.82, 2.24) is 9.97 Å². The van der Waals surface area contributed by atoms with Gasteiger partial charge in [0.25, 0.3) is 0 Å². The number of Topliss-reactive ketones (excluding diaryl/α,β-unsaturated/α-hetero) is 1. The Labute approximate surface area is 131 Å². The van der Waals surface area contributed by atoms with Crippen molar-refractivity contribution in [2.24, 2.45) is 0 Å². The fourth-order valence-corrected chi connectivity index (χ4v) is 2.83. The van der Waals surface area contributed by atoms with Crippen LogP contribution in [0.4, 0.5) is 0 Å². The molecule has 0 aliphatic rings. The molecular formula is C19H14N2O2. The van der Waals surface area contributed by atoms with Gasteiger partial charge in [-0.05, 0) is 29.7 Å². The van der Waals surface area contributed by atoms with E-state index in [1.807, 2.05) is 36.4 Å². The summed E-state index contributed by atoms with van der Waals surface area (Å²) in [6, 6.07) is 18.5. The van der Waals surface area contributed by atoms with Crippen LogP contribution in [0.15, 0.2) is 60.7 Å². The number of ketones is 1. The molecule has 23 heavy (non-hydrogen) atoms. The first-order chi connectivity index (χ1) is 11.2. The summed E-state index contributed by atoms with van der Waals surface area (Å²) in [6.07, 6.45) is 1.46. The molecule has 0 radical (unpaired) electrons. The number of benzene rings is 3. The highest BCUT2D eigenvalue weighted by molar-refractivity contribution is 6.18. The molecular weight excluding hydrogens is 288 g/mol. The Balaban J connectivity index is 1.92. The second-order valence-electron chi connectivity index (χ2n) is 5.40. The van der Waals surface area contributed by atoms with Gasteiger partial charge in [0.2, 0.25) is 0 Å². The summed E-state index contributed by atoms with van der Waals surface area (Å²) in [4.78, 5) is 18.8. The number of carbonyl (C=O) groups is 1. The third kappa shape index (κ3) is 2.30. The van der Waals surface area contributed by atoms with Gasteiger partial charge in [-0.15, -0.1) is 0 Å². The van der Waals surface area contributed by atoms with Crippen LogP contribution in [0.5, 0.6) is 5.75 Å². The summed E-state index contributed by atoms with van der Waals surface area (Å²) in [5, 5.41) is 12.0. The largest absolute Gasteiger partial charge is 0.507 e. The molecule has 0 fully saturated rings. The van der Waals surface area contributed by atoms with Crippen LogP contribution in [0.25, 0.3) is 27.9 Å². The molecule has 4 heteroatoms. The third-order valence-electron chi connectivity index (χ3n) is 3.89. The highest BCUT2D eigenvalue weighted by atomic mass is 16.3. The number of hydrogen-bond donors (Lipinski definition) is 3. The maximum atomic E-state index is 12.4. The van der Waals surface area contributed by atoms with E-state index < -0.39 is 0 Å². The number of para-hydroxylation sites is 1. The van der Waals surface area contributed by atoms with Crippen molar-refractivity contribution < 1.29 is 9.90 Å². The number of H-pyrrole nitrogens is 2. The number of rotatable bonds is 2. The molecule has 0 spiro atoms. The molecule has 0 saturated carbocycles. The molecule has 0 unspecified atom stereocenters. The molecule has 0 aliphatic heterocycles. The lowest BCUT2D eigenvalue weighted by molar-refractivity contribution is 0.105. The van der Waals surface area contributed by atoms with E-state index in [9.17, 15) is 9.90 Å². The molecule has 112 valence electrons. The van der Waals surface area contributed by atoms with Crippen molar-refractivity contribution in [2.75, 3.05) is 0 Å². The molecule has 4 aromatic rings. The Kier molecular flexibility index (Phi) is 3.01. The first-order valence-corrected chi connectivity index (χ1v) is 7.32. The van der Waals surface area contributed by atoms with Crippen molar-refractivity contribution in [3.8, 4) is 5.75 Å². The van der Waals surface area contributed by atoms with Gasteiger partial charge >= 0.3 is 0 Å². The van der Waals surface area contributed by atoms with E-state index in [2.05, 4.69) is 9.97 Å². The van der Waals surface area contributed by atoms with Gasteiger partial charge in [0.15, 0.2) is 5.78 Å². The number of carbonyl (C=O) groups excluding carboxylic acids is 1. The molecule has 1 heterocycles. The molecule has 1 aromatic heterocycles. The van der Waals surface area contributed by atoms with E-state index >= 15 is 0 Å². The van der Waals surface area contributed by atoms with Crippen LogP contribution in [0, 0.1) is 0 Å². The van der Waals surface area contributed by atoms with Crippen LogP contribution < -0.4 is 5.48 Å². The van der Waals surface area contributed by atoms with E-state index in [1.165, 1.54) is 12.1 Å². The van der Waals surface area contributed by atoms with Gasteiger partial charge < -0.3 is 15.1 Å². The lowest BCUT2D eigenvalue weighted by atomic mass is 10.1. The average molecular weight is 302 g/mol. The molecule has 3 N–H and O–H groups in total. The van der Waals surface area contributed by atoms with Gasteiger partial charge in [-0.3, -0.25) is 4.79 Å². The van der Waals surface area contributed by atoms with Gasteiger partial charge in [0, 0.05) is 22.5 Å². The Hall–Kier alpha value is -3.27. The summed E-state index contributed by atoms with van der Waals surface area (Å²) in [5.41, 5.74) is 2.77. The zero-order valence-electron chi connectivity index (χ0n) is 12.2. The minimum Gasteiger partial charge on any atom is -0.507 e. The quantitative estimate of drug-likeness (QED) is 0.497. The number of aromatic nitrogens is 2. The summed E-state index contributed by atoms with van der Waals surface area (Å²) >= 11 is 0. The van der Waals surface area contributed by atoms with Crippen LogP contribution in [-0.2, 0) is 0 Å². The van der Waals surface area contributed by atoms with E-state index in [1.54, 1.807) is 18.2 Å². The number of nitrogens with one attached hydrogen (secondary N) is 2. The van der Waals surface area contributed by atoms with E-state index in [-0.39, 0.29) is 17.1 Å². The molecule has 0 bridgehead atoms. The zero-order chi connectivity index (χ0) is 15.8. The zero-order valence-corrected chi connectivity index (χ0v) is 12.2. The average Bonchev–Trinajstić information content (AvgIpc) is 2.55. The Bertz CT molecular complexity index is 1050. The molecule has 3 aromatic carbocycles. The second-order valence-corrected chi connectivity index (χ2v) is 5.40. The van der Waals surface area contributed by atoms with E-state index in [0.717, 1.165) is 21.8 Å². The fourth-order valence-electron chi connectivity index (χ4n) is 2.83. The minimum absolute atomic E-state index is 0.0207. The molecule has 0 amide bonds. The number of phenolic OH excluding ortho intramolecular Hbond substituents is 1. The maximum Gasteiger partial charge on any atom is 0.193 e. The standard InChI is InChI=1S/C19H14N2O2/c22-16-10-2-1-7-13(16)17(23)11-18-20-14-8-3-5-12-6-4-9-15(21-18)19(12)14/h1-11,20-22H. The SMILES string of the molecule is O=C(C=c1[nH]c2cccc3cccc([nH]1)c32)c1ccccc1O. The predicted molar refractivity (Wildman–Crippen MR) is 91.1 cm³/mol. The van der Waals surface area contributed by atoms with Gasteiger partial charge in [-0.1, -0.05) is 36.4 Å². The summed E-state index contributed by atoms with van der Waals surface area (Å²) in [5.74, 6) is -0.280. The van der Waals surface area contributed by atoms with Crippen molar-refractivity contribution in [3.63, 3.8) is 0 Å². The monoisotopic (exact) mass is 302 g/mol. The van der Waals surface area contributed by atoms with Gasteiger partial charge in [0.05, 0.1) is 5.56 Å². The van der Waals surface area contributed by atoms with Crippen molar-refractivity contribution in [2.45, 2.75) is 0 Å². The van der Waals surface area contributed by atoms with Crippen LogP contribution in [-0.4, -0.2) is 20.9 Å². The van der Waals surface area contributed by atoms with Crippen LogP contribution in [0.3, 0.4) is 0 Å². The molecule has 0 saturated heterocycles. The third-order valence-corrected chi connectivity index (χ3v) is 3.89. The molecule has 4 rings (SSSR count).